The van der Waals surface area contributed by atoms with Crippen molar-refractivity contribution < 1.29 is 9.59 Å². The van der Waals surface area contributed by atoms with Gasteiger partial charge in [-0.1, -0.05) is 19.1 Å². The lowest BCUT2D eigenvalue weighted by molar-refractivity contribution is -0.130. The van der Waals surface area contributed by atoms with Gasteiger partial charge in [-0.25, -0.2) is 0 Å². The first kappa shape index (κ1) is 16.2. The molecule has 0 unspecified atom stereocenters. The predicted octanol–water partition coefficient (Wildman–Crippen LogP) is 1.21. The van der Waals surface area contributed by atoms with Crippen LogP contribution in [0.5, 0.6) is 0 Å². The van der Waals surface area contributed by atoms with Gasteiger partial charge in [0.05, 0.1) is 13.1 Å². The number of anilines is 1. The van der Waals surface area contributed by atoms with E-state index in [0.717, 1.165) is 12.1 Å². The molecule has 0 aliphatic carbocycles. The van der Waals surface area contributed by atoms with E-state index in [1.807, 2.05) is 24.3 Å². The minimum atomic E-state index is -0.118. The van der Waals surface area contributed by atoms with E-state index in [1.54, 1.807) is 26.0 Å². The number of nitrogens with one attached hydrogen (secondary N) is 1. The highest BCUT2D eigenvalue weighted by molar-refractivity contribution is 5.92. The Morgan fingerprint density at radius 1 is 1.15 bits per heavy atom. The molecule has 0 saturated heterocycles. The van der Waals surface area contributed by atoms with Crippen LogP contribution in [0.3, 0.4) is 0 Å². The molecule has 0 atom stereocenters. The van der Waals surface area contributed by atoms with Crippen molar-refractivity contribution in [3.05, 3.63) is 29.8 Å². The highest BCUT2D eigenvalue weighted by Crippen LogP contribution is 2.10. The van der Waals surface area contributed by atoms with Gasteiger partial charge in [-0.2, -0.15) is 0 Å². The first-order valence-electron chi connectivity index (χ1n) is 6.70. The van der Waals surface area contributed by atoms with Crippen molar-refractivity contribution in [3.63, 3.8) is 0 Å². The van der Waals surface area contributed by atoms with E-state index in [1.165, 1.54) is 10.5 Å². The number of benzene rings is 1. The summed E-state index contributed by atoms with van der Waals surface area (Å²) in [4.78, 5) is 26.6. The van der Waals surface area contributed by atoms with Gasteiger partial charge in [0, 0.05) is 19.8 Å². The molecule has 1 rings (SSSR count). The standard InChI is InChI=1S/C15H23N3O2/c1-5-12-7-6-8-13(9-12)16-14(19)10-18(4)11-15(20)17(2)3/h6-9H,5,10-11H2,1-4H3,(H,16,19). The molecule has 20 heavy (non-hydrogen) atoms. The minimum absolute atomic E-state index is 0.0201. The van der Waals surface area contributed by atoms with E-state index in [4.69, 9.17) is 0 Å². The Labute approximate surface area is 120 Å². The first-order chi connectivity index (χ1) is 9.42. The Morgan fingerprint density at radius 2 is 1.85 bits per heavy atom. The zero-order chi connectivity index (χ0) is 15.1. The Bertz CT molecular complexity index is 472. The molecule has 0 saturated carbocycles. The third-order valence-corrected chi connectivity index (χ3v) is 2.94. The van der Waals surface area contributed by atoms with E-state index in [-0.39, 0.29) is 24.9 Å². The smallest absolute Gasteiger partial charge is 0.238 e. The second kappa shape index (κ2) is 7.65. The zero-order valence-electron chi connectivity index (χ0n) is 12.6. The Balaban J connectivity index is 2.48. The van der Waals surface area contributed by atoms with Crippen LogP contribution in [0.25, 0.3) is 0 Å². The van der Waals surface area contributed by atoms with Crippen molar-refractivity contribution in [2.45, 2.75) is 13.3 Å². The quantitative estimate of drug-likeness (QED) is 0.850. The lowest BCUT2D eigenvalue weighted by Gasteiger charge is -2.18. The largest absolute Gasteiger partial charge is 0.348 e. The van der Waals surface area contributed by atoms with Crippen LogP contribution in [-0.2, 0) is 16.0 Å². The molecule has 0 aliphatic rings. The van der Waals surface area contributed by atoms with E-state index in [9.17, 15) is 9.59 Å². The van der Waals surface area contributed by atoms with Crippen molar-refractivity contribution in [2.24, 2.45) is 0 Å². The fourth-order valence-corrected chi connectivity index (χ4v) is 1.74. The van der Waals surface area contributed by atoms with Gasteiger partial charge in [0.1, 0.15) is 0 Å². The minimum Gasteiger partial charge on any atom is -0.348 e. The zero-order valence-corrected chi connectivity index (χ0v) is 12.6. The van der Waals surface area contributed by atoms with Gasteiger partial charge in [-0.3, -0.25) is 14.5 Å². The van der Waals surface area contributed by atoms with Gasteiger partial charge in [-0.05, 0) is 31.2 Å². The van der Waals surface area contributed by atoms with Gasteiger partial charge in [-0.15, -0.1) is 0 Å². The topological polar surface area (TPSA) is 52.7 Å². The highest BCUT2D eigenvalue weighted by Gasteiger charge is 2.12. The average molecular weight is 277 g/mol. The van der Waals surface area contributed by atoms with Gasteiger partial charge in [0.2, 0.25) is 11.8 Å². The highest BCUT2D eigenvalue weighted by atomic mass is 16.2. The fourth-order valence-electron chi connectivity index (χ4n) is 1.74. The summed E-state index contributed by atoms with van der Waals surface area (Å²) in [6.45, 7) is 2.49. The van der Waals surface area contributed by atoms with E-state index in [0.29, 0.717) is 0 Å². The second-order valence-corrected chi connectivity index (χ2v) is 5.06. The van der Waals surface area contributed by atoms with Crippen LogP contribution in [0, 0.1) is 0 Å². The fraction of sp³-hybridized carbons (Fsp3) is 0.467. The molecular weight excluding hydrogens is 254 g/mol. The Morgan fingerprint density at radius 3 is 2.45 bits per heavy atom. The molecule has 0 fully saturated rings. The SMILES string of the molecule is CCc1cccc(NC(=O)CN(C)CC(=O)N(C)C)c1. The van der Waals surface area contributed by atoms with Crippen LogP contribution in [-0.4, -0.2) is 55.8 Å². The Hall–Kier alpha value is -1.88. The number of hydrogen-bond donors (Lipinski definition) is 1. The van der Waals surface area contributed by atoms with Crippen LogP contribution in [0.4, 0.5) is 5.69 Å². The summed E-state index contributed by atoms with van der Waals surface area (Å²) in [6.07, 6.45) is 0.931. The number of amides is 2. The van der Waals surface area contributed by atoms with Crippen LogP contribution < -0.4 is 5.32 Å². The predicted molar refractivity (Wildman–Crippen MR) is 80.6 cm³/mol. The third kappa shape index (κ3) is 5.40. The molecule has 5 heteroatoms. The second-order valence-electron chi connectivity index (χ2n) is 5.06. The lowest BCUT2D eigenvalue weighted by atomic mass is 10.1. The van der Waals surface area contributed by atoms with Crippen molar-refractivity contribution in [1.29, 1.82) is 0 Å². The number of aryl methyl sites for hydroxylation is 1. The molecule has 5 nitrogen and oxygen atoms in total. The van der Waals surface area contributed by atoms with Crippen molar-refractivity contribution in [3.8, 4) is 0 Å². The molecule has 1 aromatic rings. The number of likely N-dealkylation sites (N-methyl/N-ethyl adjacent to an activating group) is 2. The number of carbonyl (C=O) groups is 2. The molecule has 0 aromatic heterocycles. The molecule has 0 heterocycles. The van der Waals surface area contributed by atoms with Gasteiger partial charge < -0.3 is 10.2 Å². The first-order valence-corrected chi connectivity index (χ1v) is 6.70. The Kier molecular flexibility index (Phi) is 6.18. The van der Waals surface area contributed by atoms with Crippen LogP contribution >= 0.6 is 0 Å². The molecule has 0 spiro atoms. The van der Waals surface area contributed by atoms with Gasteiger partial charge in [0.15, 0.2) is 0 Å². The van der Waals surface area contributed by atoms with Crippen molar-refractivity contribution in [2.75, 3.05) is 39.5 Å². The van der Waals surface area contributed by atoms with Crippen molar-refractivity contribution in [1.82, 2.24) is 9.80 Å². The summed E-state index contributed by atoms with van der Waals surface area (Å²) in [6, 6.07) is 7.77. The molecular formula is C15H23N3O2. The van der Waals surface area contributed by atoms with E-state index < -0.39 is 0 Å². The molecule has 110 valence electrons. The maximum Gasteiger partial charge on any atom is 0.238 e. The summed E-state index contributed by atoms with van der Waals surface area (Å²) < 4.78 is 0. The molecule has 0 radical (unpaired) electrons. The molecule has 2 amide bonds. The normalized spacial score (nSPS) is 10.4. The van der Waals surface area contributed by atoms with Crippen LogP contribution in [0.1, 0.15) is 12.5 Å². The van der Waals surface area contributed by atoms with Crippen LogP contribution in [0.2, 0.25) is 0 Å². The van der Waals surface area contributed by atoms with Crippen molar-refractivity contribution >= 4 is 17.5 Å². The van der Waals surface area contributed by atoms with Gasteiger partial charge >= 0.3 is 0 Å². The summed E-state index contributed by atoms with van der Waals surface area (Å²) in [5, 5.41) is 2.84. The summed E-state index contributed by atoms with van der Waals surface area (Å²) in [7, 11) is 5.16. The number of nitrogens with zero attached hydrogens (tertiary/aromatic N) is 2. The number of rotatable bonds is 6. The van der Waals surface area contributed by atoms with E-state index in [2.05, 4.69) is 12.2 Å². The summed E-state index contributed by atoms with van der Waals surface area (Å²) in [5.41, 5.74) is 1.97. The van der Waals surface area contributed by atoms with Crippen LogP contribution in [0.15, 0.2) is 24.3 Å². The van der Waals surface area contributed by atoms with Gasteiger partial charge in [0.25, 0.3) is 0 Å². The maximum atomic E-state index is 11.9. The maximum absolute atomic E-state index is 11.9. The average Bonchev–Trinajstić information content (AvgIpc) is 2.38. The molecule has 1 N–H and O–H groups in total. The molecule has 0 aliphatic heterocycles. The summed E-state index contributed by atoms with van der Waals surface area (Å²) >= 11 is 0. The number of carbonyl (C=O) groups excluding carboxylic acids is 2. The lowest BCUT2D eigenvalue weighted by Crippen LogP contribution is -2.38. The van der Waals surface area contributed by atoms with E-state index >= 15 is 0 Å². The third-order valence-electron chi connectivity index (χ3n) is 2.94. The monoisotopic (exact) mass is 277 g/mol. The summed E-state index contributed by atoms with van der Waals surface area (Å²) in [5.74, 6) is -0.138. The molecule has 1 aromatic carbocycles. The molecule has 0 bridgehead atoms. The number of hydrogen-bond acceptors (Lipinski definition) is 3.